The lowest BCUT2D eigenvalue weighted by molar-refractivity contribution is 0.0466. The van der Waals surface area contributed by atoms with Gasteiger partial charge in [-0.25, -0.2) is 4.79 Å². The summed E-state index contributed by atoms with van der Waals surface area (Å²) in [5.41, 5.74) is 0.561. The molecule has 0 amide bonds. The van der Waals surface area contributed by atoms with Crippen molar-refractivity contribution in [2.45, 2.75) is 27.7 Å². The number of carbonyl (C=O) groups is 1. The molecule has 0 aliphatic carbocycles. The van der Waals surface area contributed by atoms with Gasteiger partial charge in [0.15, 0.2) is 0 Å². The minimum absolute atomic E-state index is 0. The molecule has 0 saturated carbocycles. The van der Waals surface area contributed by atoms with Gasteiger partial charge < -0.3 is 19.3 Å². The molecule has 26 heavy (non-hydrogen) atoms. The summed E-state index contributed by atoms with van der Waals surface area (Å²) < 4.78 is 11.0. The summed E-state index contributed by atoms with van der Waals surface area (Å²) in [5.74, 6) is 0.499. The number of esters is 1. The highest BCUT2D eigenvalue weighted by atomic mass is 35.5. The van der Waals surface area contributed by atoms with Gasteiger partial charge in [0.1, 0.15) is 19.0 Å². The van der Waals surface area contributed by atoms with Crippen LogP contribution in [0.4, 0.5) is 0 Å². The van der Waals surface area contributed by atoms with Gasteiger partial charge in [-0.1, -0.05) is 27.7 Å². The second-order valence-electron chi connectivity index (χ2n) is 5.56. The van der Waals surface area contributed by atoms with E-state index in [1.54, 1.807) is 12.1 Å². The van der Waals surface area contributed by atoms with Crippen LogP contribution < -0.4 is 4.74 Å². The molecule has 1 rings (SSSR count). The molecular formula is C19H34Cl2N2O3. The van der Waals surface area contributed by atoms with Gasteiger partial charge >= 0.3 is 5.97 Å². The van der Waals surface area contributed by atoms with Crippen molar-refractivity contribution in [3.8, 4) is 5.75 Å². The Hall–Kier alpha value is -1.01. The van der Waals surface area contributed by atoms with Crippen molar-refractivity contribution in [2.75, 3.05) is 52.5 Å². The smallest absolute Gasteiger partial charge is 0.338 e. The molecule has 0 unspecified atom stereocenters. The van der Waals surface area contributed by atoms with Gasteiger partial charge in [-0.15, -0.1) is 24.8 Å². The topological polar surface area (TPSA) is 42.0 Å². The van der Waals surface area contributed by atoms with Gasteiger partial charge in [0.25, 0.3) is 0 Å². The second kappa shape index (κ2) is 16.2. The third-order valence-corrected chi connectivity index (χ3v) is 4.20. The number of hydrogen-bond acceptors (Lipinski definition) is 5. The lowest BCUT2D eigenvalue weighted by atomic mass is 10.2. The molecule has 0 saturated heterocycles. The first-order valence-corrected chi connectivity index (χ1v) is 8.99. The normalized spacial score (nSPS) is 10.2. The molecular weight excluding hydrogens is 375 g/mol. The van der Waals surface area contributed by atoms with Crippen LogP contribution in [0.15, 0.2) is 24.3 Å². The molecule has 0 heterocycles. The Morgan fingerprint density at radius 3 is 1.73 bits per heavy atom. The van der Waals surface area contributed by atoms with Crippen LogP contribution in [0.1, 0.15) is 38.1 Å². The number of rotatable bonds is 12. The van der Waals surface area contributed by atoms with E-state index in [2.05, 4.69) is 37.5 Å². The fourth-order valence-corrected chi connectivity index (χ4v) is 2.41. The number of halogens is 2. The zero-order chi connectivity index (χ0) is 17.8. The van der Waals surface area contributed by atoms with Crippen LogP contribution in [-0.2, 0) is 4.74 Å². The number of ether oxygens (including phenoxy) is 2. The summed E-state index contributed by atoms with van der Waals surface area (Å²) in [6.07, 6.45) is 0. The molecule has 0 aliphatic rings. The van der Waals surface area contributed by atoms with E-state index in [4.69, 9.17) is 9.47 Å². The third-order valence-electron chi connectivity index (χ3n) is 4.20. The van der Waals surface area contributed by atoms with E-state index in [1.807, 2.05) is 12.1 Å². The first kappa shape index (κ1) is 27.2. The Balaban J connectivity index is 0. The summed E-state index contributed by atoms with van der Waals surface area (Å²) >= 11 is 0. The predicted molar refractivity (Wildman–Crippen MR) is 112 cm³/mol. The number of hydrogen-bond donors (Lipinski definition) is 0. The Kier molecular flexibility index (Phi) is 16.9. The lowest BCUT2D eigenvalue weighted by Crippen LogP contribution is -2.28. The molecule has 0 spiro atoms. The van der Waals surface area contributed by atoms with Crippen molar-refractivity contribution < 1.29 is 14.3 Å². The van der Waals surface area contributed by atoms with E-state index in [1.165, 1.54) is 0 Å². The highest BCUT2D eigenvalue weighted by Crippen LogP contribution is 2.13. The summed E-state index contributed by atoms with van der Waals surface area (Å²) in [7, 11) is 0. The Morgan fingerprint density at radius 2 is 1.27 bits per heavy atom. The van der Waals surface area contributed by atoms with E-state index in [-0.39, 0.29) is 30.8 Å². The van der Waals surface area contributed by atoms with E-state index in [0.29, 0.717) is 18.8 Å². The van der Waals surface area contributed by atoms with Crippen molar-refractivity contribution in [1.82, 2.24) is 9.80 Å². The van der Waals surface area contributed by atoms with Gasteiger partial charge in [0.2, 0.25) is 0 Å². The highest BCUT2D eigenvalue weighted by Gasteiger charge is 2.08. The number of nitrogens with zero attached hydrogens (tertiary/aromatic N) is 2. The molecule has 0 bridgehead atoms. The highest BCUT2D eigenvalue weighted by molar-refractivity contribution is 5.89. The summed E-state index contributed by atoms with van der Waals surface area (Å²) in [4.78, 5) is 16.5. The Morgan fingerprint density at radius 1 is 0.808 bits per heavy atom. The SMILES string of the molecule is CCN(CC)CCOC(=O)c1ccc(OCCN(CC)CC)cc1.Cl.Cl. The molecule has 1 aromatic rings. The average Bonchev–Trinajstić information content (AvgIpc) is 2.63. The van der Waals surface area contributed by atoms with Crippen LogP contribution in [0.5, 0.6) is 5.75 Å². The molecule has 152 valence electrons. The molecule has 7 heteroatoms. The zero-order valence-corrected chi connectivity index (χ0v) is 18.0. The Bertz CT molecular complexity index is 464. The summed E-state index contributed by atoms with van der Waals surface area (Å²) in [6, 6.07) is 7.16. The monoisotopic (exact) mass is 408 g/mol. The quantitative estimate of drug-likeness (QED) is 0.492. The van der Waals surface area contributed by atoms with E-state index in [9.17, 15) is 4.79 Å². The summed E-state index contributed by atoms with van der Waals surface area (Å²) in [5, 5.41) is 0. The average molecular weight is 409 g/mol. The molecule has 0 radical (unpaired) electrons. The van der Waals surface area contributed by atoms with E-state index < -0.39 is 0 Å². The minimum atomic E-state index is -0.281. The van der Waals surface area contributed by atoms with Gasteiger partial charge in [0.05, 0.1) is 5.56 Å². The zero-order valence-electron chi connectivity index (χ0n) is 16.4. The molecule has 0 N–H and O–H groups in total. The van der Waals surface area contributed by atoms with Gasteiger partial charge in [-0.3, -0.25) is 0 Å². The molecule has 0 aliphatic heterocycles. The molecule has 0 aromatic heterocycles. The van der Waals surface area contributed by atoms with Crippen LogP contribution in [0.3, 0.4) is 0 Å². The van der Waals surface area contributed by atoms with E-state index >= 15 is 0 Å². The van der Waals surface area contributed by atoms with Crippen LogP contribution in [0, 0.1) is 0 Å². The van der Waals surface area contributed by atoms with Gasteiger partial charge in [-0.05, 0) is 50.4 Å². The first-order valence-electron chi connectivity index (χ1n) is 8.99. The third kappa shape index (κ3) is 10.2. The lowest BCUT2D eigenvalue weighted by Gasteiger charge is -2.18. The summed E-state index contributed by atoms with van der Waals surface area (Å²) in [6.45, 7) is 15.2. The molecule has 1 aromatic carbocycles. The maximum atomic E-state index is 12.0. The second-order valence-corrected chi connectivity index (χ2v) is 5.56. The largest absolute Gasteiger partial charge is 0.492 e. The van der Waals surface area contributed by atoms with Crippen molar-refractivity contribution in [1.29, 1.82) is 0 Å². The minimum Gasteiger partial charge on any atom is -0.492 e. The van der Waals surface area contributed by atoms with Crippen molar-refractivity contribution >= 4 is 30.8 Å². The molecule has 0 fully saturated rings. The van der Waals surface area contributed by atoms with Crippen molar-refractivity contribution in [2.24, 2.45) is 0 Å². The number of benzene rings is 1. The number of carbonyl (C=O) groups excluding carboxylic acids is 1. The van der Waals surface area contributed by atoms with Crippen LogP contribution in [0.2, 0.25) is 0 Å². The van der Waals surface area contributed by atoms with Crippen LogP contribution >= 0.6 is 24.8 Å². The standard InChI is InChI=1S/C19H32N2O3.2ClH/c1-5-20(6-2)13-15-23-18-11-9-17(10-12-18)19(22)24-16-14-21(7-3)8-4;;/h9-12H,5-8,13-16H2,1-4H3;2*1H. The first-order chi connectivity index (χ1) is 11.6. The Labute approximate surface area is 170 Å². The van der Waals surface area contributed by atoms with Crippen molar-refractivity contribution in [3.05, 3.63) is 29.8 Å². The van der Waals surface area contributed by atoms with Crippen LogP contribution in [-0.4, -0.2) is 68.3 Å². The van der Waals surface area contributed by atoms with Crippen LogP contribution in [0.25, 0.3) is 0 Å². The maximum absolute atomic E-state index is 12.0. The molecule has 5 nitrogen and oxygen atoms in total. The van der Waals surface area contributed by atoms with E-state index in [0.717, 1.165) is 45.0 Å². The van der Waals surface area contributed by atoms with Crippen molar-refractivity contribution in [3.63, 3.8) is 0 Å². The van der Waals surface area contributed by atoms with Gasteiger partial charge in [0, 0.05) is 13.1 Å². The fraction of sp³-hybridized carbons (Fsp3) is 0.632. The molecule has 0 atom stereocenters. The predicted octanol–water partition coefficient (Wildman–Crippen LogP) is 3.75. The number of likely N-dealkylation sites (N-methyl/N-ethyl adjacent to an activating group) is 2. The maximum Gasteiger partial charge on any atom is 0.338 e. The fourth-order valence-electron chi connectivity index (χ4n) is 2.41. The van der Waals surface area contributed by atoms with Gasteiger partial charge in [-0.2, -0.15) is 0 Å².